The highest BCUT2D eigenvalue weighted by Crippen LogP contribution is 2.17. The van der Waals surface area contributed by atoms with Gasteiger partial charge < -0.3 is 4.98 Å². The van der Waals surface area contributed by atoms with Gasteiger partial charge in [-0.25, -0.2) is 0 Å². The van der Waals surface area contributed by atoms with E-state index in [1.54, 1.807) is 6.07 Å². The normalized spacial score (nSPS) is 9.60. The Bertz CT molecular complexity index is 517. The minimum Gasteiger partial charge on any atom is -0.322 e. The van der Waals surface area contributed by atoms with E-state index in [1.165, 1.54) is 5.56 Å². The predicted molar refractivity (Wildman–Crippen MR) is 67.5 cm³/mol. The van der Waals surface area contributed by atoms with E-state index in [2.05, 4.69) is 11.1 Å². The van der Waals surface area contributed by atoms with Gasteiger partial charge in [-0.2, -0.15) is 0 Å². The number of aryl methyl sites for hydroxylation is 2. The number of benzene rings is 1. The van der Waals surface area contributed by atoms with E-state index in [0.717, 1.165) is 16.5 Å². The smallest absolute Gasteiger partial charge is 0.248 e. The molecule has 0 aliphatic heterocycles. The lowest BCUT2D eigenvalue weighted by molar-refractivity contribution is 1.27. The van der Waals surface area contributed by atoms with E-state index in [-0.39, 0.29) is 6.99 Å². The lowest BCUT2D eigenvalue weighted by Crippen LogP contribution is -2.03. The molecule has 0 fully saturated rings. The van der Waals surface area contributed by atoms with E-state index in [0.29, 0.717) is 0 Å². The number of H-pyrrole nitrogens is 1. The summed E-state index contributed by atoms with van der Waals surface area (Å²) in [5.74, 6) is 0. The van der Waals surface area contributed by atoms with E-state index < -0.39 is 0 Å². The molecule has 1 N–H and O–H groups in total. The maximum Gasteiger partial charge on any atom is 0.248 e. The van der Waals surface area contributed by atoms with Crippen LogP contribution in [0.3, 0.4) is 0 Å². The van der Waals surface area contributed by atoms with Crippen molar-refractivity contribution in [2.75, 3.05) is 0 Å². The fourth-order valence-electron chi connectivity index (χ4n) is 1.54. The first-order chi connectivity index (χ1) is 7.18. The molecule has 0 saturated carbocycles. The van der Waals surface area contributed by atoms with Gasteiger partial charge in [0.25, 0.3) is 0 Å². The van der Waals surface area contributed by atoms with Crippen LogP contribution in [0.4, 0.5) is 0 Å². The molecule has 0 spiro atoms. The van der Waals surface area contributed by atoms with Crippen molar-refractivity contribution in [2.24, 2.45) is 0 Å². The Morgan fingerprint density at radius 3 is 2.27 bits per heavy atom. The largest absolute Gasteiger partial charge is 0.322 e. The van der Waals surface area contributed by atoms with Crippen molar-refractivity contribution in [2.45, 2.75) is 27.7 Å². The van der Waals surface area contributed by atoms with Crippen molar-refractivity contribution in [3.05, 3.63) is 45.7 Å². The fourth-order valence-corrected chi connectivity index (χ4v) is 1.54. The van der Waals surface area contributed by atoms with Crippen LogP contribution in [0.15, 0.2) is 29.1 Å². The molecule has 0 bridgehead atoms. The number of hydrogen-bond acceptors (Lipinski definition) is 1. The fraction of sp³-hybridized carbons (Fsp3) is 0.308. The third-order valence-electron chi connectivity index (χ3n) is 2.32. The zero-order valence-corrected chi connectivity index (χ0v) is 9.72. The van der Waals surface area contributed by atoms with Gasteiger partial charge in [0.15, 0.2) is 0 Å². The van der Waals surface area contributed by atoms with Crippen molar-refractivity contribution in [1.82, 2.24) is 4.98 Å². The first kappa shape index (κ1) is 11.5. The van der Waals surface area contributed by atoms with Gasteiger partial charge in [0.2, 0.25) is 5.56 Å². The number of nitrogens with one attached hydrogen (secondary N) is 1. The first-order valence-electron chi connectivity index (χ1n) is 5.28. The van der Waals surface area contributed by atoms with Crippen LogP contribution in [0, 0.1) is 13.8 Å². The molecule has 82 valence electrons. The SMILES string of the molecule is CC.Cc1ccc(C)c2[nH]c(=O)ccc12.[HH]. The van der Waals surface area contributed by atoms with Gasteiger partial charge in [0, 0.05) is 12.9 Å². The molecule has 0 amide bonds. The summed E-state index contributed by atoms with van der Waals surface area (Å²) in [5, 5.41) is 1.12. The maximum atomic E-state index is 11.1. The summed E-state index contributed by atoms with van der Waals surface area (Å²) in [6, 6.07) is 7.52. The Morgan fingerprint density at radius 2 is 1.60 bits per heavy atom. The number of hydrogen-bond donors (Lipinski definition) is 1. The number of pyridine rings is 1. The second-order valence-electron chi connectivity index (χ2n) is 3.31. The van der Waals surface area contributed by atoms with Crippen LogP contribution in [0.2, 0.25) is 0 Å². The molecule has 2 rings (SSSR count). The van der Waals surface area contributed by atoms with Crippen molar-refractivity contribution in [1.29, 1.82) is 0 Å². The standard InChI is InChI=1S/C11H11NO.C2H6.H2/c1-7-3-4-8(2)11-9(7)5-6-10(13)12-11;1-2;/h3-6H,1-2H3,(H,12,13);1-2H3;1H. The van der Waals surface area contributed by atoms with Gasteiger partial charge in [-0.15, -0.1) is 0 Å². The third-order valence-corrected chi connectivity index (χ3v) is 2.32. The van der Waals surface area contributed by atoms with Crippen molar-refractivity contribution >= 4 is 10.9 Å². The Kier molecular flexibility index (Phi) is 3.67. The lowest BCUT2D eigenvalue weighted by Gasteiger charge is -2.03. The second-order valence-corrected chi connectivity index (χ2v) is 3.31. The summed E-state index contributed by atoms with van der Waals surface area (Å²) in [7, 11) is 0. The van der Waals surface area contributed by atoms with Crippen molar-refractivity contribution < 1.29 is 1.43 Å². The molecule has 0 unspecified atom stereocenters. The summed E-state index contributed by atoms with van der Waals surface area (Å²) < 4.78 is 0. The summed E-state index contributed by atoms with van der Waals surface area (Å²) >= 11 is 0. The van der Waals surface area contributed by atoms with Gasteiger partial charge in [-0.3, -0.25) is 4.79 Å². The van der Waals surface area contributed by atoms with Crippen molar-refractivity contribution in [3.63, 3.8) is 0 Å². The van der Waals surface area contributed by atoms with Crippen LogP contribution >= 0.6 is 0 Å². The summed E-state index contributed by atoms with van der Waals surface area (Å²) in [6.07, 6.45) is 0. The Balaban J connectivity index is 0.000000711. The molecule has 2 nitrogen and oxygen atoms in total. The second kappa shape index (κ2) is 4.78. The summed E-state index contributed by atoms with van der Waals surface area (Å²) in [6.45, 7) is 8.04. The minimum absolute atomic E-state index is 0. The molecule has 1 aromatic carbocycles. The van der Waals surface area contributed by atoms with E-state index in [4.69, 9.17) is 0 Å². The molecule has 15 heavy (non-hydrogen) atoms. The van der Waals surface area contributed by atoms with Gasteiger partial charge in [0.1, 0.15) is 0 Å². The van der Waals surface area contributed by atoms with E-state index in [1.807, 2.05) is 39.8 Å². The molecule has 2 aromatic rings. The number of aromatic amines is 1. The quantitative estimate of drug-likeness (QED) is 0.702. The Morgan fingerprint density at radius 1 is 1.00 bits per heavy atom. The molecule has 2 heteroatoms. The molecular formula is C13H19NO. The van der Waals surface area contributed by atoms with Crippen molar-refractivity contribution in [3.8, 4) is 0 Å². The molecule has 0 aliphatic carbocycles. The first-order valence-corrected chi connectivity index (χ1v) is 5.28. The Hall–Kier alpha value is -1.57. The highest BCUT2D eigenvalue weighted by Gasteiger charge is 1.99. The average Bonchev–Trinajstić information content (AvgIpc) is 2.27. The predicted octanol–water partition coefficient (Wildman–Crippen LogP) is 3.42. The zero-order valence-electron chi connectivity index (χ0n) is 9.72. The third kappa shape index (κ3) is 2.27. The molecule has 0 radical (unpaired) electrons. The van der Waals surface area contributed by atoms with Crippen LogP contribution in [0.1, 0.15) is 26.4 Å². The van der Waals surface area contributed by atoms with Gasteiger partial charge in [0.05, 0.1) is 5.52 Å². The summed E-state index contributed by atoms with van der Waals surface area (Å²) in [4.78, 5) is 13.9. The van der Waals surface area contributed by atoms with Gasteiger partial charge in [-0.05, 0) is 31.0 Å². The number of fused-ring (bicyclic) bond motifs is 1. The monoisotopic (exact) mass is 205 g/mol. The highest BCUT2D eigenvalue weighted by atomic mass is 16.1. The molecule has 1 heterocycles. The minimum atomic E-state index is -0.0406. The molecule has 0 atom stereocenters. The van der Waals surface area contributed by atoms with Crippen LogP contribution in [0.25, 0.3) is 10.9 Å². The van der Waals surface area contributed by atoms with Crippen LogP contribution < -0.4 is 5.56 Å². The average molecular weight is 205 g/mol. The maximum absolute atomic E-state index is 11.1. The molecular weight excluding hydrogens is 186 g/mol. The zero-order chi connectivity index (χ0) is 11.4. The van der Waals surface area contributed by atoms with Gasteiger partial charge >= 0.3 is 0 Å². The summed E-state index contributed by atoms with van der Waals surface area (Å²) in [5.41, 5.74) is 3.21. The van der Waals surface area contributed by atoms with E-state index in [9.17, 15) is 4.79 Å². The molecule has 0 aliphatic rings. The van der Waals surface area contributed by atoms with Crippen LogP contribution in [-0.4, -0.2) is 4.98 Å². The van der Waals surface area contributed by atoms with Crippen LogP contribution in [0.5, 0.6) is 0 Å². The molecule has 1 aromatic heterocycles. The topological polar surface area (TPSA) is 32.9 Å². The van der Waals surface area contributed by atoms with Crippen LogP contribution in [-0.2, 0) is 0 Å². The highest BCUT2D eigenvalue weighted by molar-refractivity contribution is 5.84. The lowest BCUT2D eigenvalue weighted by atomic mass is 10.1. The van der Waals surface area contributed by atoms with E-state index >= 15 is 0 Å². The number of aromatic nitrogens is 1. The number of rotatable bonds is 0. The molecule has 0 saturated heterocycles. The Labute approximate surface area is 91.4 Å². The van der Waals surface area contributed by atoms with Gasteiger partial charge in [-0.1, -0.05) is 26.0 Å².